The molecule has 1 atom stereocenters. The monoisotopic (exact) mass is 371 g/mol. The molecule has 3 amide bonds. The highest BCUT2D eigenvalue weighted by molar-refractivity contribution is 5.95. The zero-order valence-electron chi connectivity index (χ0n) is 15.2. The van der Waals surface area contributed by atoms with Crippen molar-refractivity contribution < 1.29 is 19.4 Å². The number of fused-ring (bicyclic) bond motifs is 1. The van der Waals surface area contributed by atoms with Crippen molar-refractivity contribution in [2.45, 2.75) is 13.0 Å². The quantitative estimate of drug-likeness (QED) is 0.888. The standard InChI is InChI=1S/C18H21N5O4/c1-12-8-21(11-19-12)15-4-3-13(7-16(15)27-2)23-10-14-9-20(18(25)26)5-6-22(14)17(23)24/h3-4,7-8,11,14H,5-6,9-10H2,1-2H3,(H,25,26). The van der Waals surface area contributed by atoms with Crippen molar-refractivity contribution in [3.8, 4) is 11.4 Å². The van der Waals surface area contributed by atoms with Gasteiger partial charge in [-0.05, 0) is 19.1 Å². The average Bonchev–Trinajstić information content (AvgIpc) is 3.24. The minimum atomic E-state index is -0.942. The molecule has 27 heavy (non-hydrogen) atoms. The molecule has 142 valence electrons. The summed E-state index contributed by atoms with van der Waals surface area (Å²) in [5, 5.41) is 9.20. The molecule has 2 fully saturated rings. The van der Waals surface area contributed by atoms with Crippen molar-refractivity contribution >= 4 is 17.8 Å². The van der Waals surface area contributed by atoms with Crippen LogP contribution in [-0.2, 0) is 0 Å². The van der Waals surface area contributed by atoms with Crippen LogP contribution in [0.2, 0.25) is 0 Å². The Kier molecular flexibility index (Phi) is 4.14. The minimum absolute atomic E-state index is 0.0988. The number of ether oxygens (including phenoxy) is 1. The lowest BCUT2D eigenvalue weighted by Gasteiger charge is -2.34. The molecule has 1 aromatic carbocycles. The molecule has 0 radical (unpaired) electrons. The van der Waals surface area contributed by atoms with E-state index in [0.717, 1.165) is 17.1 Å². The summed E-state index contributed by atoms with van der Waals surface area (Å²) in [6.07, 6.45) is 2.68. The maximum atomic E-state index is 12.8. The van der Waals surface area contributed by atoms with Gasteiger partial charge in [-0.3, -0.25) is 4.90 Å². The SMILES string of the molecule is COc1cc(N2CC3CN(C(=O)O)CCN3C2=O)ccc1-n1cnc(C)c1. The number of piperazine rings is 1. The molecular weight excluding hydrogens is 350 g/mol. The van der Waals surface area contributed by atoms with E-state index in [9.17, 15) is 14.7 Å². The molecule has 0 bridgehead atoms. The molecule has 9 nitrogen and oxygen atoms in total. The maximum absolute atomic E-state index is 12.8. The van der Waals surface area contributed by atoms with Gasteiger partial charge in [0.15, 0.2) is 0 Å². The number of aryl methyl sites for hydroxylation is 1. The molecule has 2 aromatic rings. The molecule has 9 heteroatoms. The van der Waals surface area contributed by atoms with Crippen LogP contribution in [0.5, 0.6) is 5.75 Å². The topological polar surface area (TPSA) is 91.1 Å². The Morgan fingerprint density at radius 3 is 2.78 bits per heavy atom. The van der Waals surface area contributed by atoms with E-state index < -0.39 is 6.09 Å². The Labute approximate surface area is 156 Å². The Morgan fingerprint density at radius 2 is 2.11 bits per heavy atom. The molecule has 0 aliphatic carbocycles. The van der Waals surface area contributed by atoms with Gasteiger partial charge in [-0.15, -0.1) is 0 Å². The number of carbonyl (C=O) groups excluding carboxylic acids is 1. The van der Waals surface area contributed by atoms with Crippen LogP contribution in [0.1, 0.15) is 5.69 Å². The normalized spacial score (nSPS) is 19.4. The molecule has 2 aliphatic heterocycles. The van der Waals surface area contributed by atoms with Crippen molar-refractivity contribution in [2.75, 3.05) is 38.2 Å². The molecule has 3 heterocycles. The van der Waals surface area contributed by atoms with Crippen LogP contribution in [0.25, 0.3) is 5.69 Å². The molecule has 0 saturated carbocycles. The van der Waals surface area contributed by atoms with Crippen molar-refractivity contribution in [1.29, 1.82) is 0 Å². The third kappa shape index (κ3) is 2.94. The van der Waals surface area contributed by atoms with Crippen molar-refractivity contribution in [3.05, 3.63) is 36.4 Å². The van der Waals surface area contributed by atoms with E-state index in [-0.39, 0.29) is 12.1 Å². The number of carbonyl (C=O) groups is 2. The first kappa shape index (κ1) is 17.2. The number of amides is 3. The smallest absolute Gasteiger partial charge is 0.407 e. The molecule has 0 spiro atoms. The van der Waals surface area contributed by atoms with Gasteiger partial charge in [-0.25, -0.2) is 14.6 Å². The Bertz CT molecular complexity index is 896. The van der Waals surface area contributed by atoms with Gasteiger partial charge in [-0.1, -0.05) is 0 Å². The predicted octanol–water partition coefficient (Wildman–Crippen LogP) is 1.79. The van der Waals surface area contributed by atoms with Gasteiger partial charge >= 0.3 is 12.1 Å². The molecule has 1 unspecified atom stereocenters. The summed E-state index contributed by atoms with van der Waals surface area (Å²) < 4.78 is 7.40. The van der Waals surface area contributed by atoms with Gasteiger partial charge in [0.25, 0.3) is 0 Å². The molecule has 1 N–H and O–H groups in total. The minimum Gasteiger partial charge on any atom is -0.494 e. The summed E-state index contributed by atoms with van der Waals surface area (Å²) in [7, 11) is 1.59. The summed E-state index contributed by atoms with van der Waals surface area (Å²) in [6, 6.07) is 5.36. The fourth-order valence-electron chi connectivity index (χ4n) is 3.70. The first-order valence-corrected chi connectivity index (χ1v) is 8.73. The van der Waals surface area contributed by atoms with Crippen molar-refractivity contribution in [1.82, 2.24) is 19.4 Å². The summed E-state index contributed by atoms with van der Waals surface area (Å²) in [4.78, 5) is 33.1. The fraction of sp³-hybridized carbons (Fsp3) is 0.389. The molecular formula is C18H21N5O4. The lowest BCUT2D eigenvalue weighted by atomic mass is 10.2. The molecule has 4 rings (SSSR count). The van der Waals surface area contributed by atoms with E-state index >= 15 is 0 Å². The number of rotatable bonds is 3. The van der Waals surface area contributed by atoms with Crippen LogP contribution in [0, 0.1) is 6.92 Å². The van der Waals surface area contributed by atoms with E-state index in [0.29, 0.717) is 31.9 Å². The number of nitrogens with zero attached hydrogens (tertiary/aromatic N) is 5. The summed E-state index contributed by atoms with van der Waals surface area (Å²) in [5.41, 5.74) is 2.47. The van der Waals surface area contributed by atoms with Gasteiger partial charge in [0.2, 0.25) is 0 Å². The highest BCUT2D eigenvalue weighted by Crippen LogP contribution is 2.32. The average molecular weight is 371 g/mol. The third-order valence-electron chi connectivity index (χ3n) is 5.09. The number of imidazole rings is 1. The van der Waals surface area contributed by atoms with Crippen LogP contribution in [0.15, 0.2) is 30.7 Å². The fourth-order valence-corrected chi connectivity index (χ4v) is 3.70. The molecule has 1 aromatic heterocycles. The zero-order valence-corrected chi connectivity index (χ0v) is 15.2. The highest BCUT2D eigenvalue weighted by atomic mass is 16.5. The maximum Gasteiger partial charge on any atom is 0.407 e. The first-order valence-electron chi connectivity index (χ1n) is 8.73. The number of benzene rings is 1. The number of carboxylic acid groups (broad SMARTS) is 1. The largest absolute Gasteiger partial charge is 0.494 e. The van der Waals surface area contributed by atoms with Gasteiger partial charge in [-0.2, -0.15) is 0 Å². The van der Waals surface area contributed by atoms with E-state index in [1.807, 2.05) is 35.9 Å². The second kappa shape index (κ2) is 6.49. The second-order valence-corrected chi connectivity index (χ2v) is 6.75. The number of hydrogen-bond acceptors (Lipinski definition) is 4. The van der Waals surface area contributed by atoms with Crippen LogP contribution in [-0.4, -0.2) is 75.9 Å². The lowest BCUT2D eigenvalue weighted by molar-refractivity contribution is 0.0997. The van der Waals surface area contributed by atoms with E-state index in [2.05, 4.69) is 4.98 Å². The van der Waals surface area contributed by atoms with Crippen LogP contribution in [0.4, 0.5) is 15.3 Å². The lowest BCUT2D eigenvalue weighted by Crippen LogP contribution is -2.53. The summed E-state index contributed by atoms with van der Waals surface area (Å²) >= 11 is 0. The van der Waals surface area contributed by atoms with Gasteiger partial charge in [0, 0.05) is 44.1 Å². The number of anilines is 1. The zero-order chi connectivity index (χ0) is 19.1. The summed E-state index contributed by atoms with van der Waals surface area (Å²) in [5.74, 6) is 0.634. The Morgan fingerprint density at radius 1 is 1.30 bits per heavy atom. The van der Waals surface area contributed by atoms with Crippen LogP contribution in [0.3, 0.4) is 0 Å². The highest BCUT2D eigenvalue weighted by Gasteiger charge is 2.42. The molecule has 2 aliphatic rings. The number of urea groups is 1. The van der Waals surface area contributed by atoms with E-state index in [1.54, 1.807) is 23.2 Å². The van der Waals surface area contributed by atoms with E-state index in [4.69, 9.17) is 4.74 Å². The van der Waals surface area contributed by atoms with Crippen molar-refractivity contribution in [2.24, 2.45) is 0 Å². The van der Waals surface area contributed by atoms with Gasteiger partial charge < -0.3 is 24.2 Å². The Balaban J connectivity index is 1.60. The molecule has 2 saturated heterocycles. The Hall–Kier alpha value is -3.23. The number of hydrogen-bond donors (Lipinski definition) is 1. The first-order chi connectivity index (χ1) is 13.0. The van der Waals surface area contributed by atoms with Gasteiger partial charge in [0.05, 0.1) is 30.9 Å². The van der Waals surface area contributed by atoms with Crippen molar-refractivity contribution in [3.63, 3.8) is 0 Å². The van der Waals surface area contributed by atoms with Crippen LogP contribution < -0.4 is 9.64 Å². The van der Waals surface area contributed by atoms with Gasteiger partial charge in [0.1, 0.15) is 5.75 Å². The second-order valence-electron chi connectivity index (χ2n) is 6.75. The summed E-state index contributed by atoms with van der Waals surface area (Å²) in [6.45, 7) is 3.46. The number of methoxy groups -OCH3 is 1. The number of aromatic nitrogens is 2. The van der Waals surface area contributed by atoms with Crippen LogP contribution >= 0.6 is 0 Å². The predicted molar refractivity (Wildman–Crippen MR) is 97.7 cm³/mol. The van der Waals surface area contributed by atoms with E-state index in [1.165, 1.54) is 4.90 Å². The third-order valence-corrected chi connectivity index (χ3v) is 5.09.